The zero-order valence-corrected chi connectivity index (χ0v) is 10.4. The van der Waals surface area contributed by atoms with Gasteiger partial charge in [-0.25, -0.2) is 4.68 Å². The summed E-state index contributed by atoms with van der Waals surface area (Å²) in [5, 5.41) is 6.85. The van der Waals surface area contributed by atoms with Crippen LogP contribution in [-0.2, 0) is 11.5 Å². The molecule has 0 fully saturated rings. The fraction of sp³-hybridized carbons (Fsp3) is 0.231. The Bertz CT molecular complexity index is 549. The van der Waals surface area contributed by atoms with E-state index >= 15 is 0 Å². The Balaban J connectivity index is 2.09. The minimum Gasteiger partial charge on any atom is -0.362 e. The third-order valence-corrected chi connectivity index (χ3v) is 2.54. The highest BCUT2D eigenvalue weighted by Gasteiger charge is 2.09. The van der Waals surface area contributed by atoms with Crippen molar-refractivity contribution in [1.29, 1.82) is 0 Å². The van der Waals surface area contributed by atoms with Crippen molar-refractivity contribution in [2.24, 2.45) is 0 Å². The van der Waals surface area contributed by atoms with Gasteiger partial charge in [-0.3, -0.25) is 4.79 Å². The van der Waals surface area contributed by atoms with Crippen LogP contribution in [0.1, 0.15) is 15.9 Å². The number of nitrogens with one attached hydrogen (secondary N) is 1. The third-order valence-electron chi connectivity index (χ3n) is 2.54. The zero-order chi connectivity index (χ0) is 13.0. The molecular weight excluding hydrogens is 230 g/mol. The van der Waals surface area contributed by atoms with Crippen LogP contribution >= 0.6 is 0 Å². The number of rotatable bonds is 4. The lowest BCUT2D eigenvalue weighted by atomic mass is 10.1. The number of hydrogen-bond donors (Lipinski definition) is 1. The largest absolute Gasteiger partial charge is 0.362 e. The van der Waals surface area contributed by atoms with Gasteiger partial charge in [0.25, 0.3) is 5.91 Å². The molecule has 2 rings (SSSR count). The highest BCUT2D eigenvalue weighted by molar-refractivity contribution is 6.05. The van der Waals surface area contributed by atoms with Crippen molar-refractivity contribution < 1.29 is 9.53 Å². The maximum Gasteiger partial charge on any atom is 0.256 e. The first-order valence-electron chi connectivity index (χ1n) is 5.59. The molecule has 18 heavy (non-hydrogen) atoms. The van der Waals surface area contributed by atoms with Crippen molar-refractivity contribution in [1.82, 2.24) is 9.78 Å². The molecule has 5 nitrogen and oxygen atoms in total. The molecule has 1 aromatic heterocycles. The van der Waals surface area contributed by atoms with Gasteiger partial charge in [0.15, 0.2) is 0 Å². The molecule has 0 aliphatic rings. The van der Waals surface area contributed by atoms with Crippen LogP contribution in [0.5, 0.6) is 0 Å². The standard InChI is InChI=1S/C13H15N3O2/c1-10-5-3-4-6-12(10)13(17)15-11-7-14-16(8-11)9-18-2/h3-8H,9H2,1-2H3,(H,15,17). The summed E-state index contributed by atoms with van der Waals surface area (Å²) >= 11 is 0. The summed E-state index contributed by atoms with van der Waals surface area (Å²) in [6.07, 6.45) is 3.31. The van der Waals surface area contributed by atoms with Gasteiger partial charge in [0.05, 0.1) is 18.1 Å². The van der Waals surface area contributed by atoms with Crippen LogP contribution in [0.25, 0.3) is 0 Å². The molecule has 5 heteroatoms. The van der Waals surface area contributed by atoms with Gasteiger partial charge >= 0.3 is 0 Å². The lowest BCUT2D eigenvalue weighted by Crippen LogP contribution is -2.12. The van der Waals surface area contributed by atoms with Crippen LogP contribution in [0, 0.1) is 6.92 Å². The highest BCUT2D eigenvalue weighted by Crippen LogP contribution is 2.11. The molecule has 1 heterocycles. The van der Waals surface area contributed by atoms with Crippen LogP contribution in [0.3, 0.4) is 0 Å². The van der Waals surface area contributed by atoms with Crippen LogP contribution in [-0.4, -0.2) is 22.8 Å². The van der Waals surface area contributed by atoms with Crippen LogP contribution in [0.2, 0.25) is 0 Å². The molecule has 0 bridgehead atoms. The van der Waals surface area contributed by atoms with Gasteiger partial charge in [0.1, 0.15) is 6.73 Å². The monoisotopic (exact) mass is 245 g/mol. The maximum absolute atomic E-state index is 12.0. The Morgan fingerprint density at radius 2 is 2.22 bits per heavy atom. The lowest BCUT2D eigenvalue weighted by Gasteiger charge is -2.05. The minimum absolute atomic E-state index is 0.134. The fourth-order valence-electron chi connectivity index (χ4n) is 1.66. The van der Waals surface area contributed by atoms with E-state index < -0.39 is 0 Å². The van der Waals surface area contributed by atoms with E-state index in [0.717, 1.165) is 5.56 Å². The SMILES string of the molecule is COCn1cc(NC(=O)c2ccccc2C)cn1. The Hall–Kier alpha value is -2.14. The number of anilines is 1. The van der Waals surface area contributed by atoms with E-state index in [9.17, 15) is 4.79 Å². The molecule has 0 atom stereocenters. The van der Waals surface area contributed by atoms with Gasteiger partial charge in [0, 0.05) is 12.7 Å². The van der Waals surface area contributed by atoms with Crippen LogP contribution < -0.4 is 5.32 Å². The van der Waals surface area contributed by atoms with Crippen molar-refractivity contribution in [2.75, 3.05) is 12.4 Å². The van der Waals surface area contributed by atoms with E-state index in [-0.39, 0.29) is 5.91 Å². The summed E-state index contributed by atoms with van der Waals surface area (Å²) in [4.78, 5) is 12.0. The predicted octanol–water partition coefficient (Wildman–Crippen LogP) is 2.05. The smallest absolute Gasteiger partial charge is 0.256 e. The van der Waals surface area contributed by atoms with Gasteiger partial charge in [-0.15, -0.1) is 0 Å². The van der Waals surface area contributed by atoms with E-state index in [4.69, 9.17) is 4.74 Å². The average molecular weight is 245 g/mol. The molecule has 2 aromatic rings. The molecule has 1 N–H and O–H groups in total. The van der Waals surface area contributed by atoms with Gasteiger partial charge in [-0.05, 0) is 18.6 Å². The number of aromatic nitrogens is 2. The van der Waals surface area contributed by atoms with Crippen LogP contribution in [0.4, 0.5) is 5.69 Å². The number of methoxy groups -OCH3 is 1. The second-order valence-electron chi connectivity index (χ2n) is 3.96. The molecule has 1 amide bonds. The minimum atomic E-state index is -0.134. The second kappa shape index (κ2) is 5.46. The third kappa shape index (κ3) is 2.75. The summed E-state index contributed by atoms with van der Waals surface area (Å²) in [5.74, 6) is -0.134. The first-order chi connectivity index (χ1) is 8.70. The molecule has 0 spiro atoms. The second-order valence-corrected chi connectivity index (χ2v) is 3.96. The number of hydrogen-bond acceptors (Lipinski definition) is 3. The first kappa shape index (κ1) is 12.3. The van der Waals surface area contributed by atoms with Crippen LogP contribution in [0.15, 0.2) is 36.7 Å². The van der Waals surface area contributed by atoms with Gasteiger partial charge in [0.2, 0.25) is 0 Å². The number of nitrogens with zero attached hydrogens (tertiary/aromatic N) is 2. The van der Waals surface area contributed by atoms with Gasteiger partial charge in [-0.2, -0.15) is 5.10 Å². The molecule has 0 saturated heterocycles. The van der Waals surface area contributed by atoms with E-state index in [0.29, 0.717) is 18.0 Å². The van der Waals surface area contributed by atoms with Gasteiger partial charge in [-0.1, -0.05) is 18.2 Å². The summed E-state index contributed by atoms with van der Waals surface area (Å²) in [7, 11) is 1.59. The topological polar surface area (TPSA) is 56.1 Å². The Labute approximate surface area is 105 Å². The Morgan fingerprint density at radius 3 is 2.94 bits per heavy atom. The van der Waals surface area contributed by atoms with E-state index in [1.165, 1.54) is 0 Å². The summed E-state index contributed by atoms with van der Waals surface area (Å²) in [6.45, 7) is 2.27. The van der Waals surface area contributed by atoms with Crippen molar-refractivity contribution in [2.45, 2.75) is 13.7 Å². The number of amides is 1. The molecule has 0 unspecified atom stereocenters. The Morgan fingerprint density at radius 1 is 1.44 bits per heavy atom. The molecule has 0 aliphatic heterocycles. The number of aryl methyl sites for hydroxylation is 1. The summed E-state index contributed by atoms with van der Waals surface area (Å²) in [6, 6.07) is 7.45. The number of carbonyl (C=O) groups is 1. The molecule has 1 aromatic carbocycles. The van der Waals surface area contributed by atoms with Crippen molar-refractivity contribution >= 4 is 11.6 Å². The Kier molecular flexibility index (Phi) is 3.74. The number of benzene rings is 1. The van der Waals surface area contributed by atoms with E-state index in [1.807, 2.05) is 25.1 Å². The van der Waals surface area contributed by atoms with E-state index in [1.54, 1.807) is 30.3 Å². The molecular formula is C13H15N3O2. The summed E-state index contributed by atoms with van der Waals surface area (Å²) < 4.78 is 6.54. The van der Waals surface area contributed by atoms with Crippen molar-refractivity contribution in [3.8, 4) is 0 Å². The first-order valence-corrected chi connectivity index (χ1v) is 5.59. The molecule has 94 valence electrons. The fourth-order valence-corrected chi connectivity index (χ4v) is 1.66. The molecule has 0 saturated carbocycles. The van der Waals surface area contributed by atoms with Crippen molar-refractivity contribution in [3.63, 3.8) is 0 Å². The van der Waals surface area contributed by atoms with Crippen molar-refractivity contribution in [3.05, 3.63) is 47.8 Å². The normalized spacial score (nSPS) is 10.3. The number of carbonyl (C=O) groups excluding carboxylic acids is 1. The molecule has 0 aliphatic carbocycles. The quantitative estimate of drug-likeness (QED) is 0.896. The lowest BCUT2D eigenvalue weighted by molar-refractivity contribution is 0.102. The summed E-state index contributed by atoms with van der Waals surface area (Å²) in [5.41, 5.74) is 2.26. The van der Waals surface area contributed by atoms with E-state index in [2.05, 4.69) is 10.4 Å². The number of ether oxygens (including phenoxy) is 1. The van der Waals surface area contributed by atoms with Gasteiger partial charge < -0.3 is 10.1 Å². The predicted molar refractivity (Wildman–Crippen MR) is 68.4 cm³/mol. The maximum atomic E-state index is 12.0. The highest BCUT2D eigenvalue weighted by atomic mass is 16.5. The molecule has 0 radical (unpaired) electrons. The average Bonchev–Trinajstić information content (AvgIpc) is 2.77. The zero-order valence-electron chi connectivity index (χ0n) is 10.4.